The van der Waals surface area contributed by atoms with Gasteiger partial charge >= 0.3 is 0 Å². The van der Waals surface area contributed by atoms with Gasteiger partial charge in [0.05, 0.1) is 0 Å². The fourth-order valence-electron chi connectivity index (χ4n) is 4.87. The van der Waals surface area contributed by atoms with E-state index in [1.807, 2.05) is 0 Å². The van der Waals surface area contributed by atoms with Gasteiger partial charge in [0.15, 0.2) is 0 Å². The molecule has 0 spiro atoms. The van der Waals surface area contributed by atoms with Crippen molar-refractivity contribution in [3.8, 4) is 22.3 Å². The van der Waals surface area contributed by atoms with Crippen LogP contribution in [0, 0.1) is 0 Å². The van der Waals surface area contributed by atoms with E-state index in [2.05, 4.69) is 184 Å². The lowest BCUT2D eigenvalue weighted by Gasteiger charge is -2.17. The average Bonchev–Trinajstić information content (AvgIpc) is 3.00. The highest BCUT2D eigenvalue weighted by atomic mass is 15.1. The average molecular weight is 521 g/mol. The molecule has 0 radical (unpaired) electrons. The Morgan fingerprint density at radius 1 is 0.350 bits per heavy atom. The van der Waals surface area contributed by atoms with Crippen LogP contribution in [0.2, 0.25) is 0 Å². The Morgan fingerprint density at radius 2 is 0.625 bits per heavy atom. The van der Waals surface area contributed by atoms with E-state index < -0.39 is 0 Å². The Labute approximate surface area is 239 Å². The summed E-state index contributed by atoms with van der Waals surface area (Å²) in [6.07, 6.45) is 8.67. The minimum Gasteiger partial charge on any atom is -0.377 e. The molecule has 5 rings (SSSR count). The summed E-state index contributed by atoms with van der Waals surface area (Å²) in [5.41, 5.74) is 12.1. The van der Waals surface area contributed by atoms with E-state index in [0.717, 1.165) is 0 Å². The van der Waals surface area contributed by atoms with Crippen molar-refractivity contribution >= 4 is 35.7 Å². The van der Waals surface area contributed by atoms with Gasteiger partial charge in [0.2, 0.25) is 0 Å². The fraction of sp³-hybridized carbons (Fsp3) is 0.105. The zero-order valence-corrected chi connectivity index (χ0v) is 23.8. The Balaban J connectivity index is 1.22. The van der Waals surface area contributed by atoms with Crippen LogP contribution in [-0.2, 0) is 0 Å². The molecular formula is C38H36N2. The molecule has 0 aliphatic heterocycles. The van der Waals surface area contributed by atoms with Crippen molar-refractivity contribution in [2.75, 3.05) is 38.0 Å². The molecule has 5 aromatic carbocycles. The topological polar surface area (TPSA) is 6.48 Å². The second kappa shape index (κ2) is 12.4. The molecule has 0 heterocycles. The molecule has 0 saturated carbocycles. The summed E-state index contributed by atoms with van der Waals surface area (Å²) in [4.78, 5) is 4.31. The summed E-state index contributed by atoms with van der Waals surface area (Å²) in [7, 11) is 8.34. The first-order chi connectivity index (χ1) is 19.5. The van der Waals surface area contributed by atoms with Gasteiger partial charge in [-0.25, -0.2) is 0 Å². The largest absolute Gasteiger partial charge is 0.377 e. The van der Waals surface area contributed by atoms with E-state index in [1.165, 1.54) is 55.9 Å². The highest BCUT2D eigenvalue weighted by Gasteiger charge is 2.07. The van der Waals surface area contributed by atoms with Crippen LogP contribution < -0.4 is 9.80 Å². The molecule has 0 unspecified atom stereocenters. The molecule has 0 N–H and O–H groups in total. The molecule has 0 aliphatic rings. The van der Waals surface area contributed by atoms with Gasteiger partial charge in [-0.2, -0.15) is 0 Å². The Morgan fingerprint density at radius 3 is 0.925 bits per heavy atom. The number of hydrogen-bond acceptors (Lipinski definition) is 2. The minimum absolute atomic E-state index is 1.18. The number of para-hydroxylation sites is 2. The van der Waals surface area contributed by atoms with E-state index in [-0.39, 0.29) is 0 Å². The molecule has 40 heavy (non-hydrogen) atoms. The predicted octanol–water partition coefficient (Wildman–Crippen LogP) is 9.49. The van der Waals surface area contributed by atoms with Crippen LogP contribution in [0.25, 0.3) is 46.6 Å². The molecule has 0 aliphatic carbocycles. The second-order valence-electron chi connectivity index (χ2n) is 10.4. The van der Waals surface area contributed by atoms with E-state index in [4.69, 9.17) is 0 Å². The van der Waals surface area contributed by atoms with Gasteiger partial charge in [-0.3, -0.25) is 0 Å². The van der Waals surface area contributed by atoms with Gasteiger partial charge in [-0.05, 0) is 45.5 Å². The third-order valence-electron chi connectivity index (χ3n) is 7.09. The lowest BCUT2D eigenvalue weighted by Crippen LogP contribution is -2.09. The van der Waals surface area contributed by atoms with Gasteiger partial charge in [-0.1, -0.05) is 133 Å². The van der Waals surface area contributed by atoms with Crippen molar-refractivity contribution in [1.82, 2.24) is 0 Å². The van der Waals surface area contributed by atoms with Gasteiger partial charge in [0.1, 0.15) is 0 Å². The van der Waals surface area contributed by atoms with Crippen molar-refractivity contribution in [2.24, 2.45) is 0 Å². The first-order valence-electron chi connectivity index (χ1n) is 13.7. The number of nitrogens with zero attached hydrogens (tertiary/aromatic N) is 2. The number of rotatable bonds is 8. The molecule has 0 aromatic heterocycles. The zero-order valence-electron chi connectivity index (χ0n) is 23.8. The number of benzene rings is 5. The first-order valence-corrected chi connectivity index (χ1v) is 13.7. The SMILES string of the molecule is CN(C)c1ccccc1-c1ccc(C=Cc2ccc(C=Cc3ccc(-c4ccccc4N(C)C)cc3)cc2)cc1. The van der Waals surface area contributed by atoms with Crippen LogP contribution >= 0.6 is 0 Å². The molecule has 0 fully saturated rings. The summed E-state index contributed by atoms with van der Waals surface area (Å²) >= 11 is 0. The van der Waals surface area contributed by atoms with Gasteiger partial charge in [0, 0.05) is 50.7 Å². The van der Waals surface area contributed by atoms with Crippen LogP contribution in [0.1, 0.15) is 22.3 Å². The maximum Gasteiger partial charge on any atom is 0.0440 e. The van der Waals surface area contributed by atoms with Crippen LogP contribution in [0.3, 0.4) is 0 Å². The van der Waals surface area contributed by atoms with E-state index in [9.17, 15) is 0 Å². The normalized spacial score (nSPS) is 11.3. The first kappa shape index (κ1) is 26.8. The fourth-order valence-corrected chi connectivity index (χ4v) is 4.87. The highest BCUT2D eigenvalue weighted by molar-refractivity contribution is 5.81. The molecule has 2 nitrogen and oxygen atoms in total. The van der Waals surface area contributed by atoms with E-state index >= 15 is 0 Å². The smallest absolute Gasteiger partial charge is 0.0440 e. The third kappa shape index (κ3) is 6.42. The summed E-state index contributed by atoms with van der Waals surface area (Å²) in [6.45, 7) is 0. The quantitative estimate of drug-likeness (QED) is 0.188. The number of hydrogen-bond donors (Lipinski definition) is 0. The molecule has 0 amide bonds. The van der Waals surface area contributed by atoms with Gasteiger partial charge < -0.3 is 9.80 Å². The Kier molecular flexibility index (Phi) is 8.27. The summed E-state index contributed by atoms with van der Waals surface area (Å²) in [5, 5.41) is 0. The lowest BCUT2D eigenvalue weighted by molar-refractivity contribution is 1.13. The standard InChI is InChI=1S/C38H36N2/c1-39(2)37-11-7-5-9-35(37)33-25-21-31(22-26-33)19-17-29-13-15-30(16-14-29)18-20-32-23-27-34(28-24-32)36-10-6-8-12-38(36)40(3)4/h5-28H,1-4H3. The third-order valence-corrected chi connectivity index (χ3v) is 7.09. The molecule has 0 atom stereocenters. The maximum absolute atomic E-state index is 2.20. The maximum atomic E-state index is 2.20. The Bertz CT molecular complexity index is 1480. The zero-order chi connectivity index (χ0) is 27.9. The highest BCUT2D eigenvalue weighted by Crippen LogP contribution is 2.31. The Hall–Kier alpha value is -4.82. The predicted molar refractivity (Wildman–Crippen MR) is 177 cm³/mol. The summed E-state index contributed by atoms with van der Waals surface area (Å²) in [6, 6.07) is 43.2. The monoisotopic (exact) mass is 520 g/mol. The van der Waals surface area contributed by atoms with Crippen LogP contribution in [0.15, 0.2) is 121 Å². The molecular weight excluding hydrogens is 484 g/mol. The van der Waals surface area contributed by atoms with Crippen molar-refractivity contribution in [1.29, 1.82) is 0 Å². The van der Waals surface area contributed by atoms with Gasteiger partial charge in [0.25, 0.3) is 0 Å². The molecule has 0 saturated heterocycles. The molecule has 0 bridgehead atoms. The molecule has 5 aromatic rings. The summed E-state index contributed by atoms with van der Waals surface area (Å²) < 4.78 is 0. The van der Waals surface area contributed by atoms with Crippen molar-refractivity contribution in [2.45, 2.75) is 0 Å². The lowest BCUT2D eigenvalue weighted by atomic mass is 10.0. The second-order valence-corrected chi connectivity index (χ2v) is 10.4. The van der Waals surface area contributed by atoms with Crippen LogP contribution in [-0.4, -0.2) is 28.2 Å². The van der Waals surface area contributed by atoms with Gasteiger partial charge in [-0.15, -0.1) is 0 Å². The summed E-state index contributed by atoms with van der Waals surface area (Å²) in [5.74, 6) is 0. The van der Waals surface area contributed by atoms with Crippen molar-refractivity contribution < 1.29 is 0 Å². The van der Waals surface area contributed by atoms with Crippen molar-refractivity contribution in [3.63, 3.8) is 0 Å². The van der Waals surface area contributed by atoms with E-state index in [1.54, 1.807) is 0 Å². The minimum atomic E-state index is 1.18. The van der Waals surface area contributed by atoms with E-state index in [0.29, 0.717) is 0 Å². The van der Waals surface area contributed by atoms with Crippen LogP contribution in [0.5, 0.6) is 0 Å². The molecule has 198 valence electrons. The van der Waals surface area contributed by atoms with Crippen LogP contribution in [0.4, 0.5) is 11.4 Å². The van der Waals surface area contributed by atoms with Crippen molar-refractivity contribution in [3.05, 3.63) is 144 Å². The molecule has 2 heteroatoms. The number of anilines is 2.